The first kappa shape index (κ1) is 40.2. The van der Waals surface area contributed by atoms with Crippen LogP contribution in [0.25, 0.3) is 33.6 Å². The lowest BCUT2D eigenvalue weighted by Gasteiger charge is -2.32. The van der Waals surface area contributed by atoms with Gasteiger partial charge < -0.3 is 29.8 Å². The molecular formula is C50H63N7O4. The minimum atomic E-state index is -0.668. The lowest BCUT2D eigenvalue weighted by Crippen LogP contribution is -2.51. The number of imidazole rings is 2. The molecule has 11 heteroatoms. The van der Waals surface area contributed by atoms with E-state index in [0.29, 0.717) is 36.1 Å². The van der Waals surface area contributed by atoms with E-state index >= 15 is 0 Å². The monoisotopic (exact) mass is 825 g/mol. The van der Waals surface area contributed by atoms with Crippen molar-refractivity contribution in [2.75, 3.05) is 20.2 Å². The Labute approximate surface area is 360 Å². The molecule has 4 aromatic rings. The van der Waals surface area contributed by atoms with E-state index in [4.69, 9.17) is 14.7 Å². The summed E-state index contributed by atoms with van der Waals surface area (Å²) in [4.78, 5) is 60.6. The highest BCUT2D eigenvalue weighted by atomic mass is 16.5. The topological polar surface area (TPSA) is 136 Å². The van der Waals surface area contributed by atoms with Crippen molar-refractivity contribution < 1.29 is 19.1 Å². The number of aromatic amines is 2. The standard InChI is InChI=1S/C50H63N7O4/c1-28(2)22-43(58)56-20-8-10-41(56)46-51-27-40(54-46)34-15-14-32(37-24-50(25-38(34)37)18-6-7-19-50)35-17-16-33(36-23-30-12-13-31(30)44(35)36)39-26-52-47(53-39)42-11-9-21-57(42)48(59)45(29(3)4)55-49(60)61-5/h14-17,26-31,41-42,45H,6-13,18-25H2,1-5H3,(H,51,54)(H,52,53)(H,55,60)/t30?,31?,41-,42+,45-/m0/s1. The van der Waals surface area contributed by atoms with Crippen molar-refractivity contribution in [3.8, 4) is 33.6 Å². The van der Waals surface area contributed by atoms with Crippen LogP contribution in [0, 0.1) is 23.2 Å². The van der Waals surface area contributed by atoms with Crippen molar-refractivity contribution in [2.45, 2.75) is 142 Å². The van der Waals surface area contributed by atoms with Gasteiger partial charge in [-0.05, 0) is 133 Å². The number of alkyl carbamates (subject to hydrolysis) is 1. The van der Waals surface area contributed by atoms with Gasteiger partial charge in [-0.2, -0.15) is 0 Å². The van der Waals surface area contributed by atoms with Crippen LogP contribution in [0.15, 0.2) is 36.7 Å². The van der Waals surface area contributed by atoms with Crippen LogP contribution in [-0.2, 0) is 33.6 Å². The van der Waals surface area contributed by atoms with Crippen LogP contribution in [-0.4, -0.2) is 73.9 Å². The Morgan fingerprint density at radius 3 is 1.97 bits per heavy atom. The molecule has 2 aromatic carbocycles. The van der Waals surface area contributed by atoms with Gasteiger partial charge in [-0.3, -0.25) is 9.59 Å². The zero-order chi connectivity index (χ0) is 42.2. The maximum Gasteiger partial charge on any atom is 0.407 e. The van der Waals surface area contributed by atoms with Gasteiger partial charge >= 0.3 is 6.09 Å². The number of nitrogens with zero attached hydrogens (tertiary/aromatic N) is 4. The Morgan fingerprint density at radius 2 is 1.36 bits per heavy atom. The van der Waals surface area contributed by atoms with Crippen LogP contribution < -0.4 is 5.32 Å². The number of methoxy groups -OCH3 is 1. The van der Waals surface area contributed by atoms with Crippen LogP contribution in [0.5, 0.6) is 0 Å². The second-order valence-corrected chi connectivity index (χ2v) is 20.1. The van der Waals surface area contributed by atoms with Crippen molar-refractivity contribution in [1.29, 1.82) is 0 Å². The van der Waals surface area contributed by atoms with Gasteiger partial charge in [0.1, 0.15) is 17.7 Å². The number of amides is 3. The minimum absolute atomic E-state index is 0.0168. The molecule has 4 heterocycles. The van der Waals surface area contributed by atoms with E-state index in [9.17, 15) is 14.4 Å². The van der Waals surface area contributed by atoms with Crippen molar-refractivity contribution >= 4 is 17.9 Å². The number of nitrogens with one attached hydrogen (secondary N) is 3. The number of benzene rings is 2. The number of hydrogen-bond acceptors (Lipinski definition) is 6. The maximum absolute atomic E-state index is 13.9. The number of H-pyrrole nitrogens is 2. The van der Waals surface area contributed by atoms with E-state index in [-0.39, 0.29) is 29.8 Å². The summed E-state index contributed by atoms with van der Waals surface area (Å²) >= 11 is 0. The summed E-state index contributed by atoms with van der Waals surface area (Å²) in [5.41, 5.74) is 13.8. The molecule has 322 valence electrons. The summed E-state index contributed by atoms with van der Waals surface area (Å²) in [6.07, 6.45) is 18.7. The molecule has 3 amide bonds. The quantitative estimate of drug-likeness (QED) is 0.146. The molecular weight excluding hydrogens is 763 g/mol. The molecule has 2 saturated heterocycles. The average Bonchev–Trinajstić information content (AvgIpc) is 4.09. The molecule has 2 aromatic heterocycles. The summed E-state index contributed by atoms with van der Waals surface area (Å²) in [6.45, 7) is 9.56. The highest BCUT2D eigenvalue weighted by Crippen LogP contribution is 2.58. The smallest absolute Gasteiger partial charge is 0.407 e. The van der Waals surface area contributed by atoms with Gasteiger partial charge in [-0.1, -0.05) is 64.8 Å². The molecule has 3 N–H and O–H groups in total. The van der Waals surface area contributed by atoms with E-state index in [1.807, 2.05) is 31.1 Å². The summed E-state index contributed by atoms with van der Waals surface area (Å²) in [5.74, 6) is 3.37. The Bertz CT molecular complexity index is 2350. The minimum Gasteiger partial charge on any atom is -0.453 e. The van der Waals surface area contributed by atoms with Gasteiger partial charge in [0.25, 0.3) is 0 Å². The molecule has 0 radical (unpaired) electrons. The molecule has 5 atom stereocenters. The number of rotatable bonds is 10. The second-order valence-electron chi connectivity index (χ2n) is 20.1. The molecule has 6 aliphatic rings. The largest absolute Gasteiger partial charge is 0.453 e. The number of ether oxygens (including phenoxy) is 1. The fourth-order valence-electron chi connectivity index (χ4n) is 12.4. The zero-order valence-electron chi connectivity index (χ0n) is 36.7. The normalized spacial score (nSPS) is 24.0. The number of likely N-dealkylation sites (tertiary alicyclic amines) is 2. The van der Waals surface area contributed by atoms with Crippen LogP contribution in [0.1, 0.15) is 150 Å². The lowest BCUT2D eigenvalue weighted by molar-refractivity contribution is -0.135. The van der Waals surface area contributed by atoms with Gasteiger partial charge in [0.15, 0.2) is 0 Å². The van der Waals surface area contributed by atoms with Gasteiger partial charge in [0.05, 0.1) is 43.0 Å². The SMILES string of the molecule is COC(=O)N[C@H](C(=O)N1CCC[C@@H]1c1ncc(-c2ccc(-c3ccc(-c4cnc([C@@H]5CCCN5C(=O)CC(C)C)[nH]4)c4c3CC3(CCCC3)C4)c3c2CC2CCC32)[nH]1)C(C)C. The molecule has 10 rings (SSSR count). The van der Waals surface area contributed by atoms with Crippen LogP contribution in [0.3, 0.4) is 0 Å². The number of aromatic nitrogens is 4. The third-order valence-corrected chi connectivity index (χ3v) is 15.6. The van der Waals surface area contributed by atoms with E-state index in [2.05, 4.69) is 58.3 Å². The van der Waals surface area contributed by atoms with E-state index in [0.717, 1.165) is 74.5 Å². The van der Waals surface area contributed by atoms with Gasteiger partial charge in [0, 0.05) is 30.6 Å². The first-order chi connectivity index (χ1) is 29.5. The second kappa shape index (κ2) is 15.8. The number of carbonyl (C=O) groups excluding carboxylic acids is 3. The van der Waals surface area contributed by atoms with E-state index in [1.54, 1.807) is 0 Å². The van der Waals surface area contributed by atoms with Gasteiger partial charge in [-0.25, -0.2) is 14.8 Å². The first-order valence-electron chi connectivity index (χ1n) is 23.4. The Morgan fingerprint density at radius 1 is 0.770 bits per heavy atom. The summed E-state index contributed by atoms with van der Waals surface area (Å²) in [5, 5.41) is 2.77. The van der Waals surface area contributed by atoms with Crippen molar-refractivity contribution in [3.05, 3.63) is 70.6 Å². The van der Waals surface area contributed by atoms with E-state index in [1.165, 1.54) is 90.1 Å². The van der Waals surface area contributed by atoms with Crippen molar-refractivity contribution in [1.82, 2.24) is 35.1 Å². The molecule has 61 heavy (non-hydrogen) atoms. The fourth-order valence-corrected chi connectivity index (χ4v) is 12.4. The summed E-state index contributed by atoms with van der Waals surface area (Å²) < 4.78 is 4.85. The fraction of sp³-hybridized carbons (Fsp3) is 0.580. The number of fused-ring (bicyclic) bond motifs is 4. The third-order valence-electron chi connectivity index (χ3n) is 15.6. The molecule has 2 saturated carbocycles. The highest BCUT2D eigenvalue weighted by molar-refractivity contribution is 5.87. The Kier molecular flexibility index (Phi) is 10.4. The Hall–Kier alpha value is -4.93. The van der Waals surface area contributed by atoms with Crippen molar-refractivity contribution in [3.63, 3.8) is 0 Å². The molecule has 2 aliphatic heterocycles. The van der Waals surface area contributed by atoms with Crippen LogP contribution in [0.4, 0.5) is 4.79 Å². The maximum atomic E-state index is 13.9. The van der Waals surface area contributed by atoms with Crippen molar-refractivity contribution in [2.24, 2.45) is 23.2 Å². The lowest BCUT2D eigenvalue weighted by atomic mass is 9.72. The predicted octanol–water partition coefficient (Wildman–Crippen LogP) is 9.60. The zero-order valence-corrected chi connectivity index (χ0v) is 36.7. The average molecular weight is 826 g/mol. The number of hydrogen-bond donors (Lipinski definition) is 3. The molecule has 11 nitrogen and oxygen atoms in total. The third kappa shape index (κ3) is 6.98. The van der Waals surface area contributed by atoms with E-state index < -0.39 is 12.1 Å². The highest BCUT2D eigenvalue weighted by Gasteiger charge is 2.46. The summed E-state index contributed by atoms with van der Waals surface area (Å²) in [7, 11) is 1.32. The van der Waals surface area contributed by atoms with Gasteiger partial charge in [-0.15, -0.1) is 0 Å². The molecule has 1 spiro atoms. The number of carbonyl (C=O) groups is 3. The molecule has 0 bridgehead atoms. The molecule has 4 aliphatic carbocycles. The van der Waals surface area contributed by atoms with Crippen LogP contribution >= 0.6 is 0 Å². The Balaban J connectivity index is 0.981. The van der Waals surface area contributed by atoms with Gasteiger partial charge in [0.2, 0.25) is 11.8 Å². The molecule has 4 fully saturated rings. The first-order valence-corrected chi connectivity index (χ1v) is 23.4. The predicted molar refractivity (Wildman–Crippen MR) is 236 cm³/mol. The van der Waals surface area contributed by atoms with Crippen LogP contribution in [0.2, 0.25) is 0 Å². The molecule has 2 unspecified atom stereocenters. The summed E-state index contributed by atoms with van der Waals surface area (Å²) in [6, 6.07) is 8.69.